The Bertz CT molecular complexity index is 258. The number of carbonyl (C=O) groups excluding carboxylic acids is 1. The number of rotatable bonds is 4. The highest BCUT2D eigenvalue weighted by Gasteiger charge is 2.50. The molecule has 15 heavy (non-hydrogen) atoms. The highest BCUT2D eigenvalue weighted by Crippen LogP contribution is 2.48. The zero-order chi connectivity index (χ0) is 11.6. The molecule has 0 bridgehead atoms. The summed E-state index contributed by atoms with van der Waals surface area (Å²) in [6, 6.07) is 0. The van der Waals surface area contributed by atoms with Crippen LogP contribution in [0.1, 0.15) is 27.2 Å². The van der Waals surface area contributed by atoms with Crippen LogP contribution in [0.15, 0.2) is 12.7 Å². The van der Waals surface area contributed by atoms with E-state index in [1.807, 2.05) is 20.8 Å². The number of aliphatic hydroxyl groups is 1. The normalized spacial score (nSPS) is 30.1. The van der Waals surface area contributed by atoms with Crippen molar-refractivity contribution < 1.29 is 14.6 Å². The molecule has 3 heteroatoms. The van der Waals surface area contributed by atoms with Gasteiger partial charge in [-0.05, 0) is 17.8 Å². The molecule has 0 aliphatic heterocycles. The van der Waals surface area contributed by atoms with Crippen LogP contribution in [0.2, 0.25) is 0 Å². The highest BCUT2D eigenvalue weighted by atomic mass is 16.5. The van der Waals surface area contributed by atoms with Crippen LogP contribution in [-0.2, 0) is 9.53 Å². The second-order valence-electron chi connectivity index (χ2n) is 5.01. The molecule has 1 N–H and O–H groups in total. The molecule has 0 aromatic heterocycles. The Morgan fingerprint density at radius 2 is 2.33 bits per heavy atom. The lowest BCUT2D eigenvalue weighted by atomic mass is 9.58. The number of hydrogen-bond donors (Lipinski definition) is 1. The van der Waals surface area contributed by atoms with Crippen LogP contribution in [0.3, 0.4) is 0 Å². The monoisotopic (exact) mass is 212 g/mol. The van der Waals surface area contributed by atoms with Crippen molar-refractivity contribution in [2.24, 2.45) is 17.3 Å². The second kappa shape index (κ2) is 4.35. The van der Waals surface area contributed by atoms with Crippen LogP contribution in [0, 0.1) is 17.3 Å². The fourth-order valence-electron chi connectivity index (χ4n) is 2.16. The standard InChI is InChI=1S/C12H20O3/c1-5-6-15-11(14)8(2)9-7-12(3,4)10(9)13/h5,8-10,13H,1,6-7H2,2-4H3/t8?,9-,10-/m1/s1. The van der Waals surface area contributed by atoms with E-state index >= 15 is 0 Å². The van der Waals surface area contributed by atoms with Crippen LogP contribution in [0.5, 0.6) is 0 Å². The van der Waals surface area contributed by atoms with E-state index in [1.165, 1.54) is 0 Å². The van der Waals surface area contributed by atoms with E-state index in [4.69, 9.17) is 4.74 Å². The van der Waals surface area contributed by atoms with Crippen LogP contribution >= 0.6 is 0 Å². The van der Waals surface area contributed by atoms with Crippen molar-refractivity contribution in [3.8, 4) is 0 Å². The lowest BCUT2D eigenvalue weighted by molar-refractivity contribution is -0.164. The summed E-state index contributed by atoms with van der Waals surface area (Å²) in [5.74, 6) is -0.431. The average molecular weight is 212 g/mol. The van der Waals surface area contributed by atoms with Crippen molar-refractivity contribution in [1.82, 2.24) is 0 Å². The summed E-state index contributed by atoms with van der Waals surface area (Å²) < 4.78 is 4.96. The number of aliphatic hydroxyl groups excluding tert-OH is 1. The Morgan fingerprint density at radius 1 is 1.73 bits per heavy atom. The molecule has 0 aromatic rings. The maximum Gasteiger partial charge on any atom is 0.309 e. The summed E-state index contributed by atoms with van der Waals surface area (Å²) in [5.41, 5.74) is -0.0579. The van der Waals surface area contributed by atoms with Gasteiger partial charge in [0.05, 0.1) is 12.0 Å². The summed E-state index contributed by atoms with van der Waals surface area (Å²) in [4.78, 5) is 11.5. The van der Waals surface area contributed by atoms with Crippen LogP contribution in [0.25, 0.3) is 0 Å². The van der Waals surface area contributed by atoms with Gasteiger partial charge in [0.1, 0.15) is 6.61 Å². The van der Waals surface area contributed by atoms with Gasteiger partial charge in [-0.25, -0.2) is 0 Å². The first kappa shape index (κ1) is 12.2. The van der Waals surface area contributed by atoms with E-state index in [0.29, 0.717) is 0 Å². The van der Waals surface area contributed by atoms with E-state index < -0.39 is 6.10 Å². The van der Waals surface area contributed by atoms with Crippen molar-refractivity contribution in [1.29, 1.82) is 0 Å². The number of esters is 1. The third kappa shape index (κ3) is 2.40. The van der Waals surface area contributed by atoms with Crippen molar-refractivity contribution in [2.45, 2.75) is 33.3 Å². The van der Waals surface area contributed by atoms with Gasteiger partial charge in [-0.15, -0.1) is 0 Å². The Kier molecular flexibility index (Phi) is 3.55. The third-order valence-electron chi connectivity index (χ3n) is 3.33. The molecule has 1 aliphatic rings. The van der Waals surface area contributed by atoms with Gasteiger partial charge in [0.2, 0.25) is 0 Å². The minimum atomic E-state index is -0.399. The zero-order valence-corrected chi connectivity index (χ0v) is 9.69. The SMILES string of the molecule is C=CCOC(=O)C(C)[C@H]1CC(C)(C)[C@@H]1O. The topological polar surface area (TPSA) is 46.5 Å². The molecular formula is C12H20O3. The summed E-state index contributed by atoms with van der Waals surface area (Å²) in [7, 11) is 0. The fourth-order valence-corrected chi connectivity index (χ4v) is 2.16. The van der Waals surface area contributed by atoms with Gasteiger partial charge in [-0.3, -0.25) is 4.79 Å². The molecule has 1 rings (SSSR count). The van der Waals surface area contributed by atoms with Gasteiger partial charge in [0, 0.05) is 0 Å². The van der Waals surface area contributed by atoms with Crippen molar-refractivity contribution in [3.63, 3.8) is 0 Å². The molecule has 1 aliphatic carbocycles. The Morgan fingerprint density at radius 3 is 2.73 bits per heavy atom. The molecule has 0 spiro atoms. The van der Waals surface area contributed by atoms with Crippen molar-refractivity contribution >= 4 is 5.97 Å². The molecule has 0 aromatic carbocycles. The van der Waals surface area contributed by atoms with Crippen molar-refractivity contribution in [3.05, 3.63) is 12.7 Å². The molecular weight excluding hydrogens is 192 g/mol. The summed E-state index contributed by atoms with van der Waals surface area (Å²) in [6.07, 6.45) is 2.02. The summed E-state index contributed by atoms with van der Waals surface area (Å²) in [6.45, 7) is 9.56. The molecule has 0 amide bonds. The predicted molar refractivity (Wildman–Crippen MR) is 58.2 cm³/mol. The van der Waals surface area contributed by atoms with E-state index in [9.17, 15) is 9.90 Å². The molecule has 3 nitrogen and oxygen atoms in total. The number of hydrogen-bond acceptors (Lipinski definition) is 3. The first-order valence-electron chi connectivity index (χ1n) is 5.35. The predicted octanol–water partition coefficient (Wildman–Crippen LogP) is 1.76. The zero-order valence-electron chi connectivity index (χ0n) is 9.69. The second-order valence-corrected chi connectivity index (χ2v) is 5.01. The number of ether oxygens (including phenoxy) is 1. The molecule has 1 unspecified atom stereocenters. The molecule has 0 heterocycles. The van der Waals surface area contributed by atoms with Gasteiger partial charge in [-0.1, -0.05) is 33.4 Å². The van der Waals surface area contributed by atoms with Gasteiger partial charge < -0.3 is 9.84 Å². The van der Waals surface area contributed by atoms with Gasteiger partial charge >= 0.3 is 5.97 Å². The molecule has 3 atom stereocenters. The fraction of sp³-hybridized carbons (Fsp3) is 0.750. The van der Waals surface area contributed by atoms with Crippen LogP contribution < -0.4 is 0 Å². The Hall–Kier alpha value is -0.830. The molecule has 1 fully saturated rings. The minimum absolute atomic E-state index is 0.0392. The van der Waals surface area contributed by atoms with E-state index in [0.717, 1.165) is 6.42 Å². The van der Waals surface area contributed by atoms with E-state index in [1.54, 1.807) is 6.08 Å². The number of carbonyl (C=O) groups is 1. The molecule has 86 valence electrons. The van der Waals surface area contributed by atoms with E-state index in [2.05, 4.69) is 6.58 Å². The lowest BCUT2D eigenvalue weighted by Gasteiger charge is -2.50. The smallest absolute Gasteiger partial charge is 0.309 e. The Balaban J connectivity index is 2.45. The molecule has 0 saturated heterocycles. The average Bonchev–Trinajstić information content (AvgIpc) is 2.21. The lowest BCUT2D eigenvalue weighted by Crippen LogP contribution is -2.52. The minimum Gasteiger partial charge on any atom is -0.461 e. The maximum absolute atomic E-state index is 11.5. The summed E-state index contributed by atoms with van der Waals surface area (Å²) in [5, 5.41) is 9.85. The maximum atomic E-state index is 11.5. The van der Waals surface area contributed by atoms with Crippen molar-refractivity contribution in [2.75, 3.05) is 6.61 Å². The quantitative estimate of drug-likeness (QED) is 0.570. The molecule has 0 radical (unpaired) electrons. The first-order chi connectivity index (χ1) is 6.90. The highest BCUT2D eigenvalue weighted by molar-refractivity contribution is 5.72. The summed E-state index contributed by atoms with van der Waals surface area (Å²) >= 11 is 0. The van der Waals surface area contributed by atoms with Crippen LogP contribution in [-0.4, -0.2) is 23.8 Å². The van der Waals surface area contributed by atoms with Gasteiger partial charge in [0.25, 0.3) is 0 Å². The largest absolute Gasteiger partial charge is 0.461 e. The van der Waals surface area contributed by atoms with Gasteiger partial charge in [0.15, 0.2) is 0 Å². The van der Waals surface area contributed by atoms with Gasteiger partial charge in [-0.2, -0.15) is 0 Å². The van der Waals surface area contributed by atoms with Crippen LogP contribution in [0.4, 0.5) is 0 Å². The first-order valence-corrected chi connectivity index (χ1v) is 5.35. The van der Waals surface area contributed by atoms with E-state index in [-0.39, 0.29) is 29.8 Å². The molecule has 1 saturated carbocycles. The third-order valence-corrected chi connectivity index (χ3v) is 3.33. The Labute approximate surface area is 91.1 Å².